The molecule has 0 radical (unpaired) electrons. The molecule has 128 valence electrons. The summed E-state index contributed by atoms with van der Waals surface area (Å²) in [4.78, 5) is 8.23. The first-order valence-electron chi connectivity index (χ1n) is 10.1. The van der Waals surface area contributed by atoms with Crippen molar-refractivity contribution in [1.82, 2.24) is 14.7 Å². The van der Waals surface area contributed by atoms with Gasteiger partial charge in [0.15, 0.2) is 0 Å². The zero-order chi connectivity index (χ0) is 15.0. The molecule has 3 fully saturated rings. The van der Waals surface area contributed by atoms with Crippen LogP contribution in [0.2, 0.25) is 0 Å². The van der Waals surface area contributed by atoms with Crippen LogP contribution in [0.1, 0.15) is 57.8 Å². The molecule has 22 heavy (non-hydrogen) atoms. The highest BCUT2D eigenvalue weighted by Crippen LogP contribution is 2.20. The van der Waals surface area contributed by atoms with Crippen LogP contribution in [0.25, 0.3) is 0 Å². The van der Waals surface area contributed by atoms with Crippen LogP contribution < -0.4 is 0 Å². The maximum Gasteiger partial charge on any atom is 0.0109 e. The highest BCUT2D eigenvalue weighted by atomic mass is 15.2. The lowest BCUT2D eigenvalue weighted by molar-refractivity contribution is 0.116. The molecule has 3 heteroatoms. The van der Waals surface area contributed by atoms with Gasteiger partial charge >= 0.3 is 0 Å². The Morgan fingerprint density at radius 2 is 1.09 bits per heavy atom. The van der Waals surface area contributed by atoms with Gasteiger partial charge in [0.05, 0.1) is 0 Å². The molecule has 3 rings (SSSR count). The van der Waals surface area contributed by atoms with E-state index in [9.17, 15) is 0 Å². The molecule has 0 aliphatic carbocycles. The van der Waals surface area contributed by atoms with Crippen molar-refractivity contribution in [3.8, 4) is 0 Å². The molecule has 0 aromatic rings. The molecule has 0 spiro atoms. The number of hydrogen-bond donors (Lipinski definition) is 0. The standard InChI is InChI=1S/C19H37N3/c1-2-5-13-21(12-4-1)17-19-9-8-14-22(18-19)16-15-20-10-6-3-7-11-20/h19H,1-18H2. The minimum atomic E-state index is 0.938. The smallest absolute Gasteiger partial charge is 0.0109 e. The predicted molar refractivity (Wildman–Crippen MR) is 94.4 cm³/mol. The van der Waals surface area contributed by atoms with Crippen LogP contribution in [0.5, 0.6) is 0 Å². The summed E-state index contributed by atoms with van der Waals surface area (Å²) in [6.07, 6.45) is 13.0. The first kappa shape index (κ1) is 16.7. The van der Waals surface area contributed by atoms with E-state index in [1.54, 1.807) is 0 Å². The van der Waals surface area contributed by atoms with E-state index in [0.717, 1.165) is 5.92 Å². The number of hydrogen-bond acceptors (Lipinski definition) is 3. The molecule has 0 amide bonds. The van der Waals surface area contributed by atoms with E-state index in [2.05, 4.69) is 14.7 Å². The molecule has 3 aliphatic rings. The lowest BCUT2D eigenvalue weighted by Crippen LogP contribution is -2.44. The summed E-state index contributed by atoms with van der Waals surface area (Å²) < 4.78 is 0. The Labute approximate surface area is 138 Å². The van der Waals surface area contributed by atoms with Crippen LogP contribution in [0.4, 0.5) is 0 Å². The van der Waals surface area contributed by atoms with Gasteiger partial charge in [-0.2, -0.15) is 0 Å². The van der Waals surface area contributed by atoms with Crippen molar-refractivity contribution in [3.63, 3.8) is 0 Å². The number of likely N-dealkylation sites (tertiary alicyclic amines) is 3. The van der Waals surface area contributed by atoms with Crippen LogP contribution in [0, 0.1) is 5.92 Å². The third-order valence-corrected chi connectivity index (χ3v) is 6.00. The van der Waals surface area contributed by atoms with Crippen LogP contribution in [-0.4, -0.2) is 73.6 Å². The minimum Gasteiger partial charge on any atom is -0.303 e. The monoisotopic (exact) mass is 307 g/mol. The Kier molecular flexibility index (Phi) is 7.03. The summed E-state index contributed by atoms with van der Waals surface area (Å²) in [5, 5.41) is 0. The number of nitrogens with zero attached hydrogens (tertiary/aromatic N) is 3. The SMILES string of the molecule is C1CCN(CCN2CCCC(CN3CCCCCC3)C2)CC1. The average Bonchev–Trinajstić information content (AvgIpc) is 2.83. The quantitative estimate of drug-likeness (QED) is 0.773. The average molecular weight is 308 g/mol. The number of piperidine rings is 2. The lowest BCUT2D eigenvalue weighted by atomic mass is 9.97. The maximum atomic E-state index is 2.77. The Balaban J connectivity index is 1.36. The first-order chi connectivity index (χ1) is 10.9. The number of rotatable bonds is 5. The molecular weight excluding hydrogens is 270 g/mol. The fourth-order valence-corrected chi connectivity index (χ4v) is 4.65. The highest BCUT2D eigenvalue weighted by Gasteiger charge is 2.23. The summed E-state index contributed by atoms with van der Waals surface area (Å²) in [6.45, 7) is 12.2. The Bertz CT molecular complexity index is 293. The van der Waals surface area contributed by atoms with E-state index >= 15 is 0 Å². The first-order valence-corrected chi connectivity index (χ1v) is 10.1. The summed E-state index contributed by atoms with van der Waals surface area (Å²) in [5.41, 5.74) is 0. The second kappa shape index (κ2) is 9.24. The topological polar surface area (TPSA) is 9.72 Å². The van der Waals surface area contributed by atoms with Gasteiger partial charge in [0.1, 0.15) is 0 Å². The van der Waals surface area contributed by atoms with Crippen molar-refractivity contribution in [3.05, 3.63) is 0 Å². The lowest BCUT2D eigenvalue weighted by Gasteiger charge is -2.37. The normalized spacial score (nSPS) is 30.3. The van der Waals surface area contributed by atoms with E-state index < -0.39 is 0 Å². The van der Waals surface area contributed by atoms with Crippen molar-refractivity contribution in [2.45, 2.75) is 57.8 Å². The summed E-state index contributed by atoms with van der Waals surface area (Å²) in [5.74, 6) is 0.938. The molecule has 0 saturated carbocycles. The fraction of sp³-hybridized carbons (Fsp3) is 1.00. The van der Waals surface area contributed by atoms with E-state index in [0.29, 0.717) is 0 Å². The van der Waals surface area contributed by atoms with Gasteiger partial charge < -0.3 is 14.7 Å². The fourth-order valence-electron chi connectivity index (χ4n) is 4.65. The summed E-state index contributed by atoms with van der Waals surface area (Å²) in [6, 6.07) is 0. The van der Waals surface area contributed by atoms with Crippen LogP contribution in [-0.2, 0) is 0 Å². The summed E-state index contributed by atoms with van der Waals surface area (Å²) >= 11 is 0. The largest absolute Gasteiger partial charge is 0.303 e. The van der Waals surface area contributed by atoms with Gasteiger partial charge in [-0.1, -0.05) is 19.3 Å². The Morgan fingerprint density at radius 1 is 0.545 bits per heavy atom. The van der Waals surface area contributed by atoms with E-state index in [1.807, 2.05) is 0 Å². The van der Waals surface area contributed by atoms with Crippen LogP contribution >= 0.6 is 0 Å². The minimum absolute atomic E-state index is 0.938. The second-order valence-electron chi connectivity index (χ2n) is 7.93. The molecule has 1 unspecified atom stereocenters. The zero-order valence-corrected chi connectivity index (χ0v) is 14.6. The molecule has 0 aromatic heterocycles. The predicted octanol–water partition coefficient (Wildman–Crippen LogP) is 3.06. The third-order valence-electron chi connectivity index (χ3n) is 6.00. The molecule has 3 aliphatic heterocycles. The molecule has 3 nitrogen and oxygen atoms in total. The third kappa shape index (κ3) is 5.50. The Morgan fingerprint density at radius 3 is 1.82 bits per heavy atom. The van der Waals surface area contributed by atoms with Crippen LogP contribution in [0.15, 0.2) is 0 Å². The van der Waals surface area contributed by atoms with E-state index in [1.165, 1.54) is 117 Å². The van der Waals surface area contributed by atoms with Gasteiger partial charge in [-0.05, 0) is 77.2 Å². The van der Waals surface area contributed by atoms with E-state index in [-0.39, 0.29) is 0 Å². The molecule has 3 heterocycles. The highest BCUT2D eigenvalue weighted by molar-refractivity contribution is 4.78. The van der Waals surface area contributed by atoms with Gasteiger partial charge in [-0.25, -0.2) is 0 Å². The van der Waals surface area contributed by atoms with Gasteiger partial charge in [0, 0.05) is 26.2 Å². The molecular formula is C19H37N3. The second-order valence-corrected chi connectivity index (χ2v) is 7.93. The molecule has 3 saturated heterocycles. The molecule has 0 aromatic carbocycles. The molecule has 0 bridgehead atoms. The van der Waals surface area contributed by atoms with Gasteiger partial charge in [0.25, 0.3) is 0 Å². The molecule has 0 N–H and O–H groups in total. The van der Waals surface area contributed by atoms with Crippen molar-refractivity contribution in [1.29, 1.82) is 0 Å². The van der Waals surface area contributed by atoms with E-state index in [4.69, 9.17) is 0 Å². The zero-order valence-electron chi connectivity index (χ0n) is 14.6. The maximum absolute atomic E-state index is 2.77. The van der Waals surface area contributed by atoms with Crippen LogP contribution in [0.3, 0.4) is 0 Å². The molecule has 1 atom stereocenters. The van der Waals surface area contributed by atoms with Gasteiger partial charge in [-0.15, -0.1) is 0 Å². The Hall–Kier alpha value is -0.120. The van der Waals surface area contributed by atoms with Crippen molar-refractivity contribution >= 4 is 0 Å². The van der Waals surface area contributed by atoms with Crippen molar-refractivity contribution in [2.75, 3.05) is 58.9 Å². The van der Waals surface area contributed by atoms with Gasteiger partial charge in [0.2, 0.25) is 0 Å². The van der Waals surface area contributed by atoms with Crippen molar-refractivity contribution < 1.29 is 0 Å². The van der Waals surface area contributed by atoms with Gasteiger partial charge in [-0.3, -0.25) is 0 Å². The van der Waals surface area contributed by atoms with Crippen molar-refractivity contribution in [2.24, 2.45) is 5.92 Å². The summed E-state index contributed by atoms with van der Waals surface area (Å²) in [7, 11) is 0.